The summed E-state index contributed by atoms with van der Waals surface area (Å²) in [5, 5.41) is 0. The summed E-state index contributed by atoms with van der Waals surface area (Å²) in [4.78, 5) is 37.5. The Balaban J connectivity index is 4.52. The largest absolute Gasteiger partial charge is 0.462 e. The minimum Gasteiger partial charge on any atom is -0.462 e. The lowest BCUT2D eigenvalue weighted by Crippen LogP contribution is -2.30. The van der Waals surface area contributed by atoms with Gasteiger partial charge in [0, 0.05) is 12.8 Å². The number of esters is 3. The predicted molar refractivity (Wildman–Crippen MR) is 228 cm³/mol. The molecule has 0 aromatic heterocycles. The van der Waals surface area contributed by atoms with Crippen molar-refractivity contribution in [3.8, 4) is 0 Å². The Labute approximate surface area is 330 Å². The van der Waals surface area contributed by atoms with Crippen LogP contribution in [0.25, 0.3) is 0 Å². The van der Waals surface area contributed by atoms with Crippen molar-refractivity contribution in [1.29, 1.82) is 0 Å². The van der Waals surface area contributed by atoms with E-state index >= 15 is 0 Å². The van der Waals surface area contributed by atoms with Crippen LogP contribution < -0.4 is 0 Å². The third-order valence-corrected chi connectivity index (χ3v) is 8.36. The quantitative estimate of drug-likeness (QED) is 0.0209. The molecule has 0 bridgehead atoms. The van der Waals surface area contributed by atoms with Crippen molar-refractivity contribution in [3.05, 3.63) is 97.2 Å². The molecule has 6 heteroatoms. The monoisotopic (exact) mass is 749 g/mol. The second kappa shape index (κ2) is 42.1. The molecule has 0 aliphatic rings. The van der Waals surface area contributed by atoms with Gasteiger partial charge in [-0.15, -0.1) is 0 Å². The van der Waals surface area contributed by atoms with Crippen LogP contribution in [-0.2, 0) is 28.6 Å². The van der Waals surface area contributed by atoms with E-state index in [4.69, 9.17) is 14.2 Å². The van der Waals surface area contributed by atoms with Gasteiger partial charge in [-0.05, 0) is 89.9 Å². The zero-order valence-corrected chi connectivity index (χ0v) is 34.4. The molecule has 0 saturated heterocycles. The van der Waals surface area contributed by atoms with Gasteiger partial charge in [0.15, 0.2) is 6.10 Å². The van der Waals surface area contributed by atoms with Gasteiger partial charge < -0.3 is 14.2 Å². The molecule has 0 radical (unpaired) electrons. The molecular formula is C48H76O6. The normalized spacial score (nSPS) is 13.0. The maximum atomic E-state index is 12.6. The predicted octanol–water partition coefficient (Wildman–Crippen LogP) is 13.5. The average Bonchev–Trinajstić information content (AvgIpc) is 3.17. The van der Waals surface area contributed by atoms with E-state index in [1.54, 1.807) is 6.08 Å². The van der Waals surface area contributed by atoms with Gasteiger partial charge >= 0.3 is 17.9 Å². The number of carbonyl (C=O) groups excluding carboxylic acids is 3. The van der Waals surface area contributed by atoms with Crippen LogP contribution in [0.3, 0.4) is 0 Å². The van der Waals surface area contributed by atoms with Crippen LogP contribution >= 0.6 is 0 Å². The van der Waals surface area contributed by atoms with Gasteiger partial charge in [0.2, 0.25) is 0 Å². The Morgan fingerprint density at radius 1 is 0.426 bits per heavy atom. The number of ether oxygens (including phenoxy) is 3. The maximum absolute atomic E-state index is 12.6. The van der Waals surface area contributed by atoms with E-state index in [-0.39, 0.29) is 38.0 Å². The van der Waals surface area contributed by atoms with Crippen LogP contribution in [0.4, 0.5) is 0 Å². The van der Waals surface area contributed by atoms with Crippen LogP contribution in [0.2, 0.25) is 0 Å². The van der Waals surface area contributed by atoms with Crippen molar-refractivity contribution in [3.63, 3.8) is 0 Å². The Morgan fingerprint density at radius 3 is 1.44 bits per heavy atom. The molecule has 1 unspecified atom stereocenters. The average molecular weight is 749 g/mol. The van der Waals surface area contributed by atoms with E-state index in [0.29, 0.717) is 12.8 Å². The number of hydrogen-bond donors (Lipinski definition) is 0. The van der Waals surface area contributed by atoms with Gasteiger partial charge in [-0.1, -0.05) is 157 Å². The second-order valence-corrected chi connectivity index (χ2v) is 13.5. The molecule has 0 heterocycles. The van der Waals surface area contributed by atoms with E-state index in [0.717, 1.165) is 83.5 Å². The standard InChI is InChI=1S/C48H76O6/c1-4-7-10-13-16-19-21-23-24-25-27-29-32-35-38-41-47(50)53-44-45(43-52-46(49)40-37-34-31-28-18-15-12-9-6-3)54-48(51)42-39-36-33-30-26-22-20-17-14-11-8-5-2/h8-9,11-12,16-21,23,26,28,30,34,37,45H,4-7,10,13-15,22,24-25,27,29,31-33,35-36,38-44H2,1-3H3/b11-8-,12-9-,19-16-,20-17-,23-21-,28-18-,30-26-,37-34-. The Hall–Kier alpha value is -3.67. The lowest BCUT2D eigenvalue weighted by atomic mass is 10.1. The Morgan fingerprint density at radius 2 is 0.852 bits per heavy atom. The molecule has 0 spiro atoms. The lowest BCUT2D eigenvalue weighted by molar-refractivity contribution is -0.166. The molecule has 6 nitrogen and oxygen atoms in total. The highest BCUT2D eigenvalue weighted by Crippen LogP contribution is 2.11. The van der Waals surface area contributed by atoms with Crippen molar-refractivity contribution >= 4 is 17.9 Å². The molecule has 0 aromatic carbocycles. The van der Waals surface area contributed by atoms with Crippen LogP contribution in [0.1, 0.15) is 168 Å². The first-order valence-corrected chi connectivity index (χ1v) is 21.3. The van der Waals surface area contributed by atoms with Crippen LogP contribution in [-0.4, -0.2) is 37.2 Å². The van der Waals surface area contributed by atoms with Crippen molar-refractivity contribution in [1.82, 2.24) is 0 Å². The zero-order chi connectivity index (χ0) is 39.4. The fraction of sp³-hybridized carbons (Fsp3) is 0.604. The summed E-state index contributed by atoms with van der Waals surface area (Å²) >= 11 is 0. The molecule has 0 aliphatic carbocycles. The number of unbranched alkanes of at least 4 members (excludes halogenated alkanes) is 11. The number of carbonyl (C=O) groups is 3. The highest BCUT2D eigenvalue weighted by atomic mass is 16.6. The van der Waals surface area contributed by atoms with Crippen molar-refractivity contribution < 1.29 is 28.6 Å². The SMILES string of the molecule is CC/C=C\C/C=C\C/C=C\CCCCC(=O)OC(COC(=O)C/C=C\C/C=C\C/C=C\CC)COC(=O)CCCCCCCC/C=C\C=C/CCCCC. The molecule has 0 fully saturated rings. The molecule has 0 aromatic rings. The van der Waals surface area contributed by atoms with Crippen LogP contribution in [0.15, 0.2) is 97.2 Å². The third kappa shape index (κ3) is 39.5. The van der Waals surface area contributed by atoms with Gasteiger partial charge in [0.25, 0.3) is 0 Å². The summed E-state index contributed by atoms with van der Waals surface area (Å²) < 4.78 is 16.5. The molecule has 0 saturated carbocycles. The van der Waals surface area contributed by atoms with Gasteiger partial charge in [-0.25, -0.2) is 0 Å². The van der Waals surface area contributed by atoms with E-state index in [1.807, 2.05) is 6.08 Å². The maximum Gasteiger partial charge on any atom is 0.309 e. The van der Waals surface area contributed by atoms with Gasteiger partial charge in [0.1, 0.15) is 13.2 Å². The molecule has 0 amide bonds. The second-order valence-electron chi connectivity index (χ2n) is 13.5. The van der Waals surface area contributed by atoms with Gasteiger partial charge in [-0.2, -0.15) is 0 Å². The van der Waals surface area contributed by atoms with Crippen molar-refractivity contribution in [2.24, 2.45) is 0 Å². The molecule has 0 rings (SSSR count). The van der Waals surface area contributed by atoms with E-state index in [2.05, 4.69) is 106 Å². The number of rotatable bonds is 36. The van der Waals surface area contributed by atoms with Gasteiger partial charge in [-0.3, -0.25) is 14.4 Å². The Kier molecular flexibility index (Phi) is 39.2. The van der Waals surface area contributed by atoms with E-state index in [1.165, 1.54) is 38.5 Å². The fourth-order valence-corrected chi connectivity index (χ4v) is 5.21. The lowest BCUT2D eigenvalue weighted by Gasteiger charge is -2.18. The summed E-state index contributed by atoms with van der Waals surface area (Å²) in [5.41, 5.74) is 0. The number of hydrogen-bond acceptors (Lipinski definition) is 6. The Bertz CT molecular complexity index is 1140. The smallest absolute Gasteiger partial charge is 0.309 e. The highest BCUT2D eigenvalue weighted by Gasteiger charge is 2.19. The summed E-state index contributed by atoms with van der Waals surface area (Å²) in [6, 6.07) is 0. The van der Waals surface area contributed by atoms with Crippen molar-refractivity contribution in [2.45, 2.75) is 175 Å². The van der Waals surface area contributed by atoms with Crippen LogP contribution in [0, 0.1) is 0 Å². The molecule has 1 atom stereocenters. The molecule has 0 aliphatic heterocycles. The van der Waals surface area contributed by atoms with Gasteiger partial charge in [0.05, 0.1) is 6.42 Å². The zero-order valence-electron chi connectivity index (χ0n) is 34.4. The molecular weight excluding hydrogens is 673 g/mol. The summed E-state index contributed by atoms with van der Waals surface area (Å²) in [6.45, 7) is 6.19. The van der Waals surface area contributed by atoms with Crippen LogP contribution in [0.5, 0.6) is 0 Å². The van der Waals surface area contributed by atoms with E-state index in [9.17, 15) is 14.4 Å². The summed E-state index contributed by atoms with van der Waals surface area (Å²) in [7, 11) is 0. The van der Waals surface area contributed by atoms with E-state index < -0.39 is 12.1 Å². The fourth-order valence-electron chi connectivity index (χ4n) is 5.21. The highest BCUT2D eigenvalue weighted by molar-refractivity contribution is 5.72. The first kappa shape index (κ1) is 50.3. The minimum atomic E-state index is -0.835. The molecule has 0 N–H and O–H groups in total. The minimum absolute atomic E-state index is 0.122. The number of allylic oxidation sites excluding steroid dienone is 15. The first-order chi connectivity index (χ1) is 26.5. The summed E-state index contributed by atoms with van der Waals surface area (Å²) in [5.74, 6) is -1.12. The van der Waals surface area contributed by atoms with Crippen molar-refractivity contribution in [2.75, 3.05) is 13.2 Å². The first-order valence-electron chi connectivity index (χ1n) is 21.3. The summed E-state index contributed by atoms with van der Waals surface area (Å²) in [6.07, 6.45) is 54.3. The topological polar surface area (TPSA) is 78.9 Å². The molecule has 54 heavy (non-hydrogen) atoms. The molecule has 304 valence electrons. The third-order valence-electron chi connectivity index (χ3n) is 8.36.